The molecule has 0 fully saturated rings. The zero-order chi connectivity index (χ0) is 11.5. The minimum atomic E-state index is -0.467. The predicted octanol–water partition coefficient (Wildman–Crippen LogP) is 2.90. The first-order valence-corrected chi connectivity index (χ1v) is 5.08. The normalized spacial score (nSPS) is 11.8. The second-order valence-electron chi connectivity index (χ2n) is 4.63. The molecular weight excluding hydrogens is 196 g/mol. The van der Waals surface area contributed by atoms with E-state index in [2.05, 4.69) is 5.32 Å². The monoisotopic (exact) mass is 213 g/mol. The van der Waals surface area contributed by atoms with E-state index in [0.29, 0.717) is 13.0 Å². The lowest BCUT2D eigenvalue weighted by atomic mass is 10.1. The molecule has 15 heavy (non-hydrogen) atoms. The third kappa shape index (κ3) is 3.96. The van der Waals surface area contributed by atoms with E-state index >= 15 is 0 Å². The highest BCUT2D eigenvalue weighted by molar-refractivity contribution is 5.19. The van der Waals surface area contributed by atoms with Crippen LogP contribution in [0.25, 0.3) is 0 Å². The van der Waals surface area contributed by atoms with E-state index in [9.17, 15) is 8.78 Å². The molecule has 0 atom stereocenters. The lowest BCUT2D eigenvalue weighted by molar-refractivity contribution is 0.424. The average Bonchev–Trinajstić information content (AvgIpc) is 2.08. The maximum atomic E-state index is 13.2. The van der Waals surface area contributed by atoms with E-state index in [1.807, 2.05) is 20.8 Å². The zero-order valence-electron chi connectivity index (χ0n) is 9.40. The molecule has 0 aliphatic carbocycles. The third-order valence-electron chi connectivity index (χ3n) is 2.09. The predicted molar refractivity (Wildman–Crippen MR) is 57.8 cm³/mol. The van der Waals surface area contributed by atoms with E-state index in [-0.39, 0.29) is 11.1 Å². The molecule has 84 valence electrons. The summed E-state index contributed by atoms with van der Waals surface area (Å²) in [4.78, 5) is 0. The van der Waals surface area contributed by atoms with Crippen molar-refractivity contribution in [2.75, 3.05) is 6.54 Å². The van der Waals surface area contributed by atoms with Crippen molar-refractivity contribution in [2.45, 2.75) is 32.7 Å². The zero-order valence-corrected chi connectivity index (χ0v) is 9.40. The van der Waals surface area contributed by atoms with Gasteiger partial charge in [-0.2, -0.15) is 0 Å². The van der Waals surface area contributed by atoms with Crippen molar-refractivity contribution in [2.24, 2.45) is 0 Å². The largest absolute Gasteiger partial charge is 0.312 e. The maximum Gasteiger partial charge on any atom is 0.129 e. The Morgan fingerprint density at radius 1 is 1.13 bits per heavy atom. The molecule has 0 aliphatic rings. The van der Waals surface area contributed by atoms with Crippen LogP contribution in [0.15, 0.2) is 18.2 Å². The first kappa shape index (κ1) is 12.1. The highest BCUT2D eigenvalue weighted by atomic mass is 19.1. The highest BCUT2D eigenvalue weighted by Gasteiger charge is 2.11. The Hall–Kier alpha value is -0.960. The molecule has 1 aromatic carbocycles. The van der Waals surface area contributed by atoms with Crippen molar-refractivity contribution in [1.82, 2.24) is 5.32 Å². The lowest BCUT2D eigenvalue weighted by Gasteiger charge is -2.20. The van der Waals surface area contributed by atoms with Gasteiger partial charge < -0.3 is 5.32 Å². The van der Waals surface area contributed by atoms with Crippen LogP contribution < -0.4 is 5.32 Å². The van der Waals surface area contributed by atoms with Crippen LogP contribution in [-0.2, 0) is 6.42 Å². The molecule has 0 unspecified atom stereocenters. The summed E-state index contributed by atoms with van der Waals surface area (Å²) in [6.45, 7) is 6.63. The third-order valence-corrected chi connectivity index (χ3v) is 2.09. The van der Waals surface area contributed by atoms with Gasteiger partial charge in [0.1, 0.15) is 11.6 Å². The van der Waals surface area contributed by atoms with E-state index in [4.69, 9.17) is 0 Å². The Balaban J connectivity index is 2.58. The van der Waals surface area contributed by atoms with Crippen LogP contribution in [-0.4, -0.2) is 12.1 Å². The summed E-state index contributed by atoms with van der Waals surface area (Å²) in [7, 11) is 0. The van der Waals surface area contributed by atoms with Gasteiger partial charge in [0.2, 0.25) is 0 Å². The van der Waals surface area contributed by atoms with Crippen LogP contribution in [0.4, 0.5) is 8.78 Å². The van der Waals surface area contributed by atoms with Crippen LogP contribution in [0.3, 0.4) is 0 Å². The molecule has 1 rings (SSSR count). The highest BCUT2D eigenvalue weighted by Crippen LogP contribution is 2.12. The number of halogens is 2. The van der Waals surface area contributed by atoms with Crippen LogP contribution in [0, 0.1) is 11.6 Å². The molecule has 3 heteroatoms. The molecule has 0 aromatic heterocycles. The van der Waals surface area contributed by atoms with Gasteiger partial charge in [-0.25, -0.2) is 8.78 Å². The second kappa shape index (κ2) is 4.71. The SMILES string of the molecule is CC(C)(C)NCCc1c(F)cccc1F. The molecule has 1 nitrogen and oxygen atoms in total. The van der Waals surface area contributed by atoms with Gasteiger partial charge in [-0.05, 0) is 45.9 Å². The van der Waals surface area contributed by atoms with E-state index < -0.39 is 11.6 Å². The Bertz CT molecular complexity index is 309. The molecule has 0 heterocycles. The second-order valence-corrected chi connectivity index (χ2v) is 4.63. The molecule has 0 bridgehead atoms. The van der Waals surface area contributed by atoms with Crippen molar-refractivity contribution in [3.05, 3.63) is 35.4 Å². The van der Waals surface area contributed by atoms with Gasteiger partial charge in [-0.1, -0.05) is 6.07 Å². The topological polar surface area (TPSA) is 12.0 Å². The molecule has 0 radical (unpaired) electrons. The Morgan fingerprint density at radius 2 is 1.67 bits per heavy atom. The maximum absolute atomic E-state index is 13.2. The van der Waals surface area contributed by atoms with Gasteiger partial charge in [0.15, 0.2) is 0 Å². The van der Waals surface area contributed by atoms with Crippen molar-refractivity contribution in [3.63, 3.8) is 0 Å². The van der Waals surface area contributed by atoms with Gasteiger partial charge in [-0.15, -0.1) is 0 Å². The molecule has 0 aliphatic heterocycles. The molecule has 0 saturated heterocycles. The standard InChI is InChI=1S/C12H17F2N/c1-12(2,3)15-8-7-9-10(13)5-4-6-11(9)14/h4-6,15H,7-8H2,1-3H3. The van der Waals surface area contributed by atoms with Crippen LogP contribution >= 0.6 is 0 Å². The van der Waals surface area contributed by atoms with Crippen molar-refractivity contribution < 1.29 is 8.78 Å². The van der Waals surface area contributed by atoms with Crippen LogP contribution in [0.5, 0.6) is 0 Å². The Morgan fingerprint density at radius 3 is 2.13 bits per heavy atom. The van der Waals surface area contributed by atoms with Crippen molar-refractivity contribution in [3.8, 4) is 0 Å². The fraction of sp³-hybridized carbons (Fsp3) is 0.500. The summed E-state index contributed by atoms with van der Waals surface area (Å²) in [5.74, 6) is -0.934. The van der Waals surface area contributed by atoms with E-state index in [1.54, 1.807) is 0 Å². The van der Waals surface area contributed by atoms with Gasteiger partial charge in [0, 0.05) is 11.1 Å². The van der Waals surface area contributed by atoms with E-state index in [1.165, 1.54) is 18.2 Å². The molecule has 0 saturated carbocycles. The average molecular weight is 213 g/mol. The summed E-state index contributed by atoms with van der Waals surface area (Å²) >= 11 is 0. The quantitative estimate of drug-likeness (QED) is 0.814. The molecular formula is C12H17F2N. The van der Waals surface area contributed by atoms with Crippen LogP contribution in [0.2, 0.25) is 0 Å². The molecule has 1 aromatic rings. The summed E-state index contributed by atoms with van der Waals surface area (Å²) in [5.41, 5.74) is 0.135. The summed E-state index contributed by atoms with van der Waals surface area (Å²) in [6.07, 6.45) is 0.371. The van der Waals surface area contributed by atoms with Crippen molar-refractivity contribution >= 4 is 0 Å². The lowest BCUT2D eigenvalue weighted by Crippen LogP contribution is -2.37. The minimum absolute atomic E-state index is 0.0261. The first-order chi connectivity index (χ1) is 6.90. The molecule has 0 amide bonds. The van der Waals surface area contributed by atoms with Gasteiger partial charge >= 0.3 is 0 Å². The number of benzene rings is 1. The summed E-state index contributed by atoms with van der Waals surface area (Å²) < 4.78 is 26.4. The Kier molecular flexibility index (Phi) is 3.80. The van der Waals surface area contributed by atoms with E-state index in [0.717, 1.165) is 0 Å². The van der Waals surface area contributed by atoms with Gasteiger partial charge in [0.25, 0.3) is 0 Å². The smallest absolute Gasteiger partial charge is 0.129 e. The van der Waals surface area contributed by atoms with Crippen molar-refractivity contribution in [1.29, 1.82) is 0 Å². The number of hydrogen-bond acceptors (Lipinski definition) is 1. The number of rotatable bonds is 3. The summed E-state index contributed by atoms with van der Waals surface area (Å²) in [5, 5.41) is 3.19. The number of nitrogens with one attached hydrogen (secondary N) is 1. The Labute approximate surface area is 89.5 Å². The number of hydrogen-bond donors (Lipinski definition) is 1. The molecule has 0 spiro atoms. The molecule has 1 N–H and O–H groups in total. The first-order valence-electron chi connectivity index (χ1n) is 5.08. The van der Waals surface area contributed by atoms with Gasteiger partial charge in [0.05, 0.1) is 0 Å². The van der Waals surface area contributed by atoms with Gasteiger partial charge in [-0.3, -0.25) is 0 Å². The van der Waals surface area contributed by atoms with Crippen LogP contribution in [0.1, 0.15) is 26.3 Å². The summed E-state index contributed by atoms with van der Waals surface area (Å²) in [6, 6.07) is 3.95. The minimum Gasteiger partial charge on any atom is -0.312 e. The fourth-order valence-electron chi connectivity index (χ4n) is 1.33. The fourth-order valence-corrected chi connectivity index (χ4v) is 1.33.